The average molecular weight is 488 g/mol. The van der Waals surface area contributed by atoms with Gasteiger partial charge in [-0.25, -0.2) is 4.98 Å². The number of benzene rings is 1. The van der Waals surface area contributed by atoms with E-state index in [-0.39, 0.29) is 0 Å². The van der Waals surface area contributed by atoms with Crippen LogP contribution in [-0.2, 0) is 19.5 Å². The summed E-state index contributed by atoms with van der Waals surface area (Å²) in [5.74, 6) is 2.41. The van der Waals surface area contributed by atoms with Crippen molar-refractivity contribution in [3.8, 4) is 5.75 Å². The molecule has 4 heterocycles. The molecule has 0 amide bonds. The maximum atomic E-state index is 6.18. The first-order valence-electron chi connectivity index (χ1n) is 13.4. The van der Waals surface area contributed by atoms with Gasteiger partial charge in [0, 0.05) is 42.6 Å². The van der Waals surface area contributed by atoms with Gasteiger partial charge in [-0.2, -0.15) is 0 Å². The largest absolute Gasteiger partial charge is 0.493 e. The van der Waals surface area contributed by atoms with Crippen LogP contribution in [0.15, 0.2) is 47.4 Å². The van der Waals surface area contributed by atoms with E-state index in [0.717, 1.165) is 91.1 Å². The molecule has 0 N–H and O–H groups in total. The topological polar surface area (TPSA) is 59.0 Å². The number of piperidine rings is 1. The predicted octanol–water partition coefficient (Wildman–Crippen LogP) is 5.17. The van der Waals surface area contributed by atoms with Crippen molar-refractivity contribution in [3.05, 3.63) is 59.7 Å². The molecule has 3 aromatic heterocycles. The zero-order valence-electron chi connectivity index (χ0n) is 21.5. The molecule has 4 aromatic rings. The summed E-state index contributed by atoms with van der Waals surface area (Å²) in [7, 11) is 4.17. The summed E-state index contributed by atoms with van der Waals surface area (Å²) < 4.78 is 14.2. The van der Waals surface area contributed by atoms with E-state index in [4.69, 9.17) is 9.26 Å². The molecule has 1 aliphatic heterocycles. The van der Waals surface area contributed by atoms with Crippen LogP contribution in [0.4, 0.5) is 0 Å². The number of aryl methyl sites for hydroxylation is 1. The first-order valence-corrected chi connectivity index (χ1v) is 13.4. The van der Waals surface area contributed by atoms with Gasteiger partial charge < -0.3 is 18.6 Å². The number of ether oxygens (including phenoxy) is 1. The number of imidazole rings is 1. The lowest BCUT2D eigenvalue weighted by Gasteiger charge is -2.32. The van der Waals surface area contributed by atoms with Gasteiger partial charge in [0.25, 0.3) is 0 Å². The van der Waals surface area contributed by atoms with Crippen molar-refractivity contribution < 1.29 is 9.26 Å². The number of hydrogen-bond acceptors (Lipinski definition) is 6. The van der Waals surface area contributed by atoms with Gasteiger partial charge in [-0.15, -0.1) is 0 Å². The van der Waals surface area contributed by atoms with Crippen LogP contribution in [0.2, 0.25) is 0 Å². The molecule has 6 rings (SSSR count). The number of nitrogens with zero attached hydrogens (tertiary/aromatic N) is 5. The third-order valence-electron chi connectivity index (χ3n) is 7.81. The van der Waals surface area contributed by atoms with Gasteiger partial charge in [0.1, 0.15) is 11.4 Å². The second-order valence-electron chi connectivity index (χ2n) is 11.0. The second kappa shape index (κ2) is 10.2. The van der Waals surface area contributed by atoms with Crippen molar-refractivity contribution in [1.29, 1.82) is 0 Å². The van der Waals surface area contributed by atoms with E-state index < -0.39 is 0 Å². The van der Waals surface area contributed by atoms with Gasteiger partial charge in [0.2, 0.25) is 0 Å². The lowest BCUT2D eigenvalue weighted by atomic mass is 9.91. The Morgan fingerprint density at radius 2 is 1.92 bits per heavy atom. The molecule has 0 bridgehead atoms. The summed E-state index contributed by atoms with van der Waals surface area (Å²) in [6.07, 6.45) is 13.1. The molecule has 1 saturated heterocycles. The molecule has 0 unspecified atom stereocenters. The summed E-state index contributed by atoms with van der Waals surface area (Å²) in [5.41, 5.74) is 5.50. The van der Waals surface area contributed by atoms with Crippen LogP contribution >= 0.6 is 0 Å². The van der Waals surface area contributed by atoms with Crippen molar-refractivity contribution in [2.45, 2.75) is 51.6 Å². The SMILES string of the molecule is CN(C)Cc1c(OCC2CC2)ccc2c(CCC3CCN(Cc4cccn5ccnc45)CC3)noc12. The molecular formula is C29H37N5O2. The van der Waals surface area contributed by atoms with Gasteiger partial charge in [-0.3, -0.25) is 4.90 Å². The fourth-order valence-corrected chi connectivity index (χ4v) is 5.51. The number of hydrogen-bond donors (Lipinski definition) is 0. The predicted molar refractivity (Wildman–Crippen MR) is 141 cm³/mol. The van der Waals surface area contributed by atoms with Gasteiger partial charge in [-0.1, -0.05) is 11.2 Å². The van der Waals surface area contributed by atoms with Crippen LogP contribution < -0.4 is 4.74 Å². The quantitative estimate of drug-likeness (QED) is 0.308. The van der Waals surface area contributed by atoms with Crippen LogP contribution in [0, 0.1) is 11.8 Å². The van der Waals surface area contributed by atoms with Crippen molar-refractivity contribution in [3.63, 3.8) is 0 Å². The normalized spacial score (nSPS) is 17.5. The maximum absolute atomic E-state index is 6.18. The zero-order chi connectivity index (χ0) is 24.5. The third-order valence-corrected chi connectivity index (χ3v) is 7.81. The summed E-state index contributed by atoms with van der Waals surface area (Å²) >= 11 is 0. The Morgan fingerprint density at radius 1 is 1.06 bits per heavy atom. The Hall–Kier alpha value is -2.90. The fourth-order valence-electron chi connectivity index (χ4n) is 5.51. The molecule has 2 fully saturated rings. The molecule has 190 valence electrons. The number of fused-ring (bicyclic) bond motifs is 2. The minimum Gasteiger partial charge on any atom is -0.493 e. The highest BCUT2D eigenvalue weighted by Gasteiger charge is 2.25. The highest BCUT2D eigenvalue weighted by molar-refractivity contribution is 5.84. The molecule has 1 saturated carbocycles. The standard InChI is InChI=1S/C29H37N5O2/c1-32(2)19-25-27(35-20-22-5-6-22)10-8-24-26(31-36-28(24)25)9-7-21-11-15-33(16-12-21)18-23-4-3-14-34-17-13-30-29(23)34/h3-4,8,10,13-14,17,21-22H,5-7,9,11-12,15-16,18-20H2,1-2H3. The Bertz CT molecular complexity index is 1310. The molecular weight excluding hydrogens is 450 g/mol. The van der Waals surface area contributed by atoms with Gasteiger partial charge >= 0.3 is 0 Å². The molecule has 7 heteroatoms. The number of likely N-dealkylation sites (tertiary alicyclic amines) is 1. The van der Waals surface area contributed by atoms with Crippen molar-refractivity contribution >= 4 is 16.6 Å². The molecule has 7 nitrogen and oxygen atoms in total. The maximum Gasteiger partial charge on any atom is 0.175 e. The monoisotopic (exact) mass is 487 g/mol. The molecule has 2 aliphatic rings. The summed E-state index contributed by atoms with van der Waals surface area (Å²) in [5, 5.41) is 5.67. The summed E-state index contributed by atoms with van der Waals surface area (Å²) in [6.45, 7) is 4.85. The lowest BCUT2D eigenvalue weighted by molar-refractivity contribution is 0.172. The van der Waals surface area contributed by atoms with Crippen LogP contribution in [0.1, 0.15) is 48.9 Å². The van der Waals surface area contributed by atoms with Gasteiger partial charge in [0.15, 0.2) is 5.58 Å². The summed E-state index contributed by atoms with van der Waals surface area (Å²) in [6, 6.07) is 8.60. The Morgan fingerprint density at radius 3 is 2.72 bits per heavy atom. The first-order chi connectivity index (χ1) is 17.6. The van der Waals surface area contributed by atoms with Crippen molar-refractivity contribution in [1.82, 2.24) is 24.3 Å². The summed E-state index contributed by atoms with van der Waals surface area (Å²) in [4.78, 5) is 9.28. The van der Waals surface area contributed by atoms with E-state index in [2.05, 4.69) is 68.9 Å². The van der Waals surface area contributed by atoms with E-state index in [1.165, 1.54) is 31.2 Å². The number of pyridine rings is 1. The van der Waals surface area contributed by atoms with E-state index in [0.29, 0.717) is 0 Å². The van der Waals surface area contributed by atoms with E-state index >= 15 is 0 Å². The molecule has 0 atom stereocenters. The van der Waals surface area contributed by atoms with Crippen LogP contribution in [0.3, 0.4) is 0 Å². The molecule has 0 radical (unpaired) electrons. The first kappa shape index (κ1) is 23.5. The average Bonchev–Trinajstić information content (AvgIpc) is 3.41. The minimum atomic E-state index is 0.726. The minimum absolute atomic E-state index is 0.726. The lowest BCUT2D eigenvalue weighted by Crippen LogP contribution is -2.33. The van der Waals surface area contributed by atoms with Crippen LogP contribution in [0.5, 0.6) is 5.75 Å². The van der Waals surface area contributed by atoms with Crippen LogP contribution in [-0.4, -0.2) is 58.1 Å². The van der Waals surface area contributed by atoms with Crippen molar-refractivity contribution in [2.75, 3.05) is 33.8 Å². The number of rotatable bonds is 10. The fraction of sp³-hybridized carbons (Fsp3) is 0.517. The van der Waals surface area contributed by atoms with Gasteiger partial charge in [-0.05, 0) is 95.7 Å². The Balaban J connectivity index is 1.07. The second-order valence-corrected chi connectivity index (χ2v) is 11.0. The third kappa shape index (κ3) is 5.13. The molecule has 1 aliphatic carbocycles. The highest BCUT2D eigenvalue weighted by Crippen LogP contribution is 2.35. The molecule has 0 spiro atoms. The molecule has 1 aromatic carbocycles. The Labute approximate surface area is 213 Å². The van der Waals surface area contributed by atoms with E-state index in [9.17, 15) is 0 Å². The zero-order valence-corrected chi connectivity index (χ0v) is 21.5. The smallest absolute Gasteiger partial charge is 0.175 e. The highest BCUT2D eigenvalue weighted by atomic mass is 16.5. The Kier molecular flexibility index (Phi) is 6.67. The number of aromatic nitrogens is 3. The van der Waals surface area contributed by atoms with Crippen LogP contribution in [0.25, 0.3) is 16.6 Å². The van der Waals surface area contributed by atoms with E-state index in [1.54, 1.807) is 0 Å². The molecule has 36 heavy (non-hydrogen) atoms. The van der Waals surface area contributed by atoms with E-state index in [1.807, 2.05) is 12.4 Å². The van der Waals surface area contributed by atoms with Crippen molar-refractivity contribution in [2.24, 2.45) is 11.8 Å². The van der Waals surface area contributed by atoms with Gasteiger partial charge in [0.05, 0.1) is 17.9 Å².